The molecule has 2 atom stereocenters. The van der Waals surface area contributed by atoms with E-state index in [-0.39, 0.29) is 33.7 Å². The molecule has 1 aromatic heterocycles. The lowest BCUT2D eigenvalue weighted by atomic mass is 9.95. The van der Waals surface area contributed by atoms with Crippen molar-refractivity contribution in [3.8, 4) is 17.1 Å². The van der Waals surface area contributed by atoms with E-state index in [1.54, 1.807) is 0 Å². The van der Waals surface area contributed by atoms with Gasteiger partial charge in [0.05, 0.1) is 11.1 Å². The van der Waals surface area contributed by atoms with Gasteiger partial charge in [0.2, 0.25) is 0 Å². The number of hydrogen-bond acceptors (Lipinski definition) is 7. The number of nitrogen functional groups attached to an aromatic ring is 1. The molecule has 4 saturated heterocycles. The van der Waals surface area contributed by atoms with Crippen LogP contribution in [0, 0.1) is 17.5 Å². The van der Waals surface area contributed by atoms with Crippen molar-refractivity contribution in [1.82, 2.24) is 20.2 Å². The van der Waals surface area contributed by atoms with Crippen molar-refractivity contribution in [1.29, 1.82) is 0 Å². The Kier molecular flexibility index (Phi) is 5.66. The van der Waals surface area contributed by atoms with Crippen LogP contribution < -0.4 is 20.7 Å². The summed E-state index contributed by atoms with van der Waals surface area (Å²) in [5, 5.41) is 3.83. The lowest BCUT2D eigenvalue weighted by Gasteiger charge is -2.34. The number of aromatic nitrogens is 2. The number of nitrogens with one attached hydrogen (secondary N) is 1. The first kappa shape index (κ1) is 24.0. The fraction of sp³-hybridized carbons (Fsp3) is 0.500. The van der Waals surface area contributed by atoms with Gasteiger partial charge in [-0.15, -0.1) is 0 Å². The van der Waals surface area contributed by atoms with Crippen molar-refractivity contribution in [2.45, 2.75) is 56.1 Å². The number of benzene rings is 2. The molecule has 3 aromatic rings. The summed E-state index contributed by atoms with van der Waals surface area (Å²) in [6.45, 7) is 3.88. The normalized spacial score (nSPS) is 24.3. The van der Waals surface area contributed by atoms with Gasteiger partial charge in [0, 0.05) is 41.8 Å². The number of halogens is 3. The number of rotatable bonds is 5. The van der Waals surface area contributed by atoms with Crippen molar-refractivity contribution in [2.75, 3.05) is 43.4 Å². The number of ether oxygens (including phenoxy) is 1. The van der Waals surface area contributed by atoms with Crippen molar-refractivity contribution in [3.63, 3.8) is 0 Å². The molecular formula is C28H31F3N6O. The molecule has 4 aliphatic heterocycles. The fourth-order valence-corrected chi connectivity index (χ4v) is 7.08. The maximum Gasteiger partial charge on any atom is 0.319 e. The largest absolute Gasteiger partial charge is 0.461 e. The van der Waals surface area contributed by atoms with Crippen molar-refractivity contribution in [3.05, 3.63) is 41.7 Å². The van der Waals surface area contributed by atoms with Gasteiger partial charge in [-0.3, -0.25) is 4.90 Å². The highest BCUT2D eigenvalue weighted by molar-refractivity contribution is 5.94. The highest BCUT2D eigenvalue weighted by Gasteiger charge is 2.45. The van der Waals surface area contributed by atoms with Crippen LogP contribution in [0.15, 0.2) is 24.3 Å². The number of anilines is 2. The van der Waals surface area contributed by atoms with Gasteiger partial charge in [0.25, 0.3) is 0 Å². The summed E-state index contributed by atoms with van der Waals surface area (Å²) in [7, 11) is 0. The van der Waals surface area contributed by atoms with Crippen LogP contribution >= 0.6 is 0 Å². The minimum atomic E-state index is -0.947. The topological polar surface area (TPSA) is 79.5 Å². The van der Waals surface area contributed by atoms with E-state index in [9.17, 15) is 4.39 Å². The molecule has 7 nitrogen and oxygen atoms in total. The molecule has 2 aromatic carbocycles. The van der Waals surface area contributed by atoms with Gasteiger partial charge in [-0.1, -0.05) is 0 Å². The SMILES string of the molecule is Nc1ccc(F)c(-c2c(F)cc3c(N4C[C@H]5CC[C@@H](C4)N5)nc(OCC45CCCN4CCC5)nc3c2F)c1. The molecule has 200 valence electrons. The molecule has 0 spiro atoms. The maximum absolute atomic E-state index is 16.1. The summed E-state index contributed by atoms with van der Waals surface area (Å²) in [5.74, 6) is -2.14. The predicted molar refractivity (Wildman–Crippen MR) is 140 cm³/mol. The molecule has 7 rings (SSSR count). The molecule has 38 heavy (non-hydrogen) atoms. The van der Waals surface area contributed by atoms with Crippen LogP contribution in [0.1, 0.15) is 38.5 Å². The second-order valence-electron chi connectivity index (χ2n) is 11.3. The van der Waals surface area contributed by atoms with Gasteiger partial charge in [-0.05, 0) is 75.9 Å². The van der Waals surface area contributed by atoms with Gasteiger partial charge >= 0.3 is 6.01 Å². The van der Waals surface area contributed by atoms with E-state index in [1.807, 2.05) is 0 Å². The minimum absolute atomic E-state index is 0.0379. The number of hydrogen-bond donors (Lipinski definition) is 2. The second-order valence-corrected chi connectivity index (χ2v) is 11.3. The highest BCUT2D eigenvalue weighted by atomic mass is 19.1. The van der Waals surface area contributed by atoms with E-state index >= 15 is 8.78 Å². The van der Waals surface area contributed by atoms with E-state index in [1.165, 1.54) is 18.2 Å². The Morgan fingerprint density at radius 2 is 1.74 bits per heavy atom. The van der Waals surface area contributed by atoms with Crippen LogP contribution in [0.4, 0.5) is 24.7 Å². The number of fused-ring (bicyclic) bond motifs is 4. The van der Waals surface area contributed by atoms with Gasteiger partial charge in [0.15, 0.2) is 5.82 Å². The number of piperazine rings is 1. The van der Waals surface area contributed by atoms with Gasteiger partial charge in [-0.25, -0.2) is 13.2 Å². The number of nitrogens with zero attached hydrogens (tertiary/aromatic N) is 4. The standard InChI is InChI=1S/C28H31F3N6O/c29-21-6-3-16(32)11-19(21)23-22(30)12-20-25(24(23)31)34-27(38-15-28-7-1-9-37(28)10-2-8-28)35-26(20)36-13-17-4-5-18(14-36)33-17/h3,6,11-12,17-18,33H,1-2,4-5,7-10,13-15,32H2/t17-,18+. The Labute approximate surface area is 219 Å². The molecule has 10 heteroatoms. The Hall–Kier alpha value is -3.11. The molecule has 4 fully saturated rings. The van der Waals surface area contributed by atoms with Crippen LogP contribution in [-0.4, -0.2) is 65.3 Å². The van der Waals surface area contributed by atoms with E-state index in [2.05, 4.69) is 20.1 Å². The van der Waals surface area contributed by atoms with Crippen LogP contribution in [0.5, 0.6) is 6.01 Å². The molecular weight excluding hydrogens is 493 g/mol. The summed E-state index contributed by atoms with van der Waals surface area (Å²) in [6, 6.07) is 5.58. The summed E-state index contributed by atoms with van der Waals surface area (Å²) in [6.07, 6.45) is 6.44. The zero-order chi connectivity index (χ0) is 26.0. The summed E-state index contributed by atoms with van der Waals surface area (Å²) < 4.78 is 52.6. The van der Waals surface area contributed by atoms with Gasteiger partial charge < -0.3 is 20.7 Å². The summed E-state index contributed by atoms with van der Waals surface area (Å²) in [5.41, 5.74) is 5.18. The third-order valence-electron chi connectivity index (χ3n) is 8.90. The first-order chi connectivity index (χ1) is 18.4. The predicted octanol–water partition coefficient (Wildman–Crippen LogP) is 4.24. The van der Waals surface area contributed by atoms with Gasteiger partial charge in [-0.2, -0.15) is 9.97 Å². The molecule has 5 heterocycles. The van der Waals surface area contributed by atoms with Crippen molar-refractivity contribution < 1.29 is 17.9 Å². The van der Waals surface area contributed by atoms with Crippen LogP contribution in [0.25, 0.3) is 22.0 Å². The Morgan fingerprint density at radius 3 is 2.47 bits per heavy atom. The molecule has 0 radical (unpaired) electrons. The number of nitrogens with two attached hydrogens (primary N) is 1. The average Bonchev–Trinajstić information content (AvgIpc) is 3.58. The zero-order valence-corrected chi connectivity index (χ0v) is 21.2. The van der Waals surface area contributed by atoms with E-state index < -0.39 is 23.0 Å². The molecule has 0 aliphatic carbocycles. The first-order valence-electron chi connectivity index (χ1n) is 13.5. The fourth-order valence-electron chi connectivity index (χ4n) is 7.08. The Balaban J connectivity index is 1.35. The zero-order valence-electron chi connectivity index (χ0n) is 21.2. The molecule has 0 saturated carbocycles. The lowest BCUT2D eigenvalue weighted by molar-refractivity contribution is 0.108. The Bertz CT molecular complexity index is 1400. The van der Waals surface area contributed by atoms with E-state index in [0.29, 0.717) is 37.6 Å². The monoisotopic (exact) mass is 524 g/mol. The van der Waals surface area contributed by atoms with Crippen molar-refractivity contribution >= 4 is 22.4 Å². The van der Waals surface area contributed by atoms with Crippen LogP contribution in [0.2, 0.25) is 0 Å². The van der Waals surface area contributed by atoms with Gasteiger partial charge in [0.1, 0.15) is 29.6 Å². The molecule has 4 aliphatic rings. The Morgan fingerprint density at radius 1 is 1.00 bits per heavy atom. The van der Waals surface area contributed by atoms with Crippen LogP contribution in [0.3, 0.4) is 0 Å². The second kappa shape index (κ2) is 8.98. The van der Waals surface area contributed by atoms with E-state index in [0.717, 1.165) is 57.7 Å². The van der Waals surface area contributed by atoms with Crippen LogP contribution in [-0.2, 0) is 0 Å². The maximum atomic E-state index is 16.1. The lowest BCUT2D eigenvalue weighted by Crippen LogP contribution is -2.51. The third-order valence-corrected chi connectivity index (χ3v) is 8.90. The highest BCUT2D eigenvalue weighted by Crippen LogP contribution is 2.41. The third kappa shape index (κ3) is 3.88. The van der Waals surface area contributed by atoms with E-state index in [4.69, 9.17) is 15.5 Å². The smallest absolute Gasteiger partial charge is 0.319 e. The molecule has 0 unspecified atom stereocenters. The summed E-state index contributed by atoms with van der Waals surface area (Å²) in [4.78, 5) is 13.7. The molecule has 2 bridgehead atoms. The molecule has 0 amide bonds. The minimum Gasteiger partial charge on any atom is -0.461 e. The average molecular weight is 525 g/mol. The summed E-state index contributed by atoms with van der Waals surface area (Å²) >= 11 is 0. The molecule has 3 N–H and O–H groups in total. The first-order valence-corrected chi connectivity index (χ1v) is 13.5. The quantitative estimate of drug-likeness (QED) is 0.484. The van der Waals surface area contributed by atoms with Crippen molar-refractivity contribution in [2.24, 2.45) is 0 Å².